The number of amides is 1. The first-order valence-corrected chi connectivity index (χ1v) is 6.11. The molecule has 1 aromatic rings. The van der Waals surface area contributed by atoms with Gasteiger partial charge in [-0.25, -0.2) is 0 Å². The van der Waals surface area contributed by atoms with Crippen LogP contribution < -0.4 is 5.32 Å². The molecule has 0 aliphatic heterocycles. The molecule has 9 nitrogen and oxygen atoms in total. The van der Waals surface area contributed by atoms with E-state index in [1.807, 2.05) is 0 Å². The van der Waals surface area contributed by atoms with Crippen molar-refractivity contribution in [2.75, 3.05) is 6.54 Å². The van der Waals surface area contributed by atoms with Gasteiger partial charge < -0.3 is 20.5 Å². The molecular weight excluding hydrogens is 268 g/mol. The van der Waals surface area contributed by atoms with E-state index in [9.17, 15) is 19.7 Å². The Morgan fingerprint density at radius 1 is 1.55 bits per heavy atom. The molecule has 20 heavy (non-hydrogen) atoms. The molecule has 2 N–H and O–H groups in total. The highest BCUT2D eigenvalue weighted by Gasteiger charge is 2.44. The van der Waals surface area contributed by atoms with Crippen molar-refractivity contribution in [2.45, 2.75) is 25.8 Å². The van der Waals surface area contributed by atoms with Gasteiger partial charge in [-0.1, -0.05) is 6.42 Å². The summed E-state index contributed by atoms with van der Waals surface area (Å²) in [4.78, 5) is 32.6. The highest BCUT2D eigenvalue weighted by atomic mass is 16.6. The number of nitrogens with zero attached hydrogens (tertiary/aromatic N) is 3. The van der Waals surface area contributed by atoms with Gasteiger partial charge in [0.05, 0.1) is 22.8 Å². The molecule has 1 fully saturated rings. The SMILES string of the molecule is O=C(Cn1ccc([N+](=O)[O-])n1)NCC1(C(=O)O)CCC1. The van der Waals surface area contributed by atoms with Crippen LogP contribution in [0.4, 0.5) is 5.82 Å². The zero-order valence-electron chi connectivity index (χ0n) is 10.6. The molecule has 1 saturated carbocycles. The zero-order chi connectivity index (χ0) is 14.8. The molecule has 108 valence electrons. The van der Waals surface area contributed by atoms with E-state index in [2.05, 4.69) is 10.4 Å². The Morgan fingerprint density at radius 2 is 2.25 bits per heavy atom. The van der Waals surface area contributed by atoms with Gasteiger partial charge in [-0.3, -0.25) is 9.59 Å². The second-order valence-electron chi connectivity index (χ2n) is 4.84. The molecule has 0 atom stereocenters. The van der Waals surface area contributed by atoms with Gasteiger partial charge >= 0.3 is 11.8 Å². The van der Waals surface area contributed by atoms with Crippen LogP contribution in [0.15, 0.2) is 12.3 Å². The second-order valence-corrected chi connectivity index (χ2v) is 4.84. The predicted octanol–water partition coefficient (Wildman–Crippen LogP) is 0.162. The summed E-state index contributed by atoms with van der Waals surface area (Å²) in [5, 5.41) is 25.7. The van der Waals surface area contributed by atoms with E-state index in [0.717, 1.165) is 11.1 Å². The molecule has 0 aromatic carbocycles. The minimum Gasteiger partial charge on any atom is -0.481 e. The average molecular weight is 282 g/mol. The van der Waals surface area contributed by atoms with E-state index in [1.54, 1.807) is 0 Å². The summed E-state index contributed by atoms with van der Waals surface area (Å²) in [5.41, 5.74) is -0.855. The van der Waals surface area contributed by atoms with Gasteiger partial charge in [-0.05, 0) is 17.8 Å². The van der Waals surface area contributed by atoms with Crippen molar-refractivity contribution in [3.63, 3.8) is 0 Å². The lowest BCUT2D eigenvalue weighted by atomic mass is 9.69. The lowest BCUT2D eigenvalue weighted by Crippen LogP contribution is -2.48. The molecule has 2 rings (SSSR count). The molecule has 0 spiro atoms. The molecule has 1 aliphatic carbocycles. The highest BCUT2D eigenvalue weighted by Crippen LogP contribution is 2.40. The van der Waals surface area contributed by atoms with Crippen LogP contribution in [-0.2, 0) is 16.1 Å². The Hall–Kier alpha value is -2.45. The van der Waals surface area contributed by atoms with Crippen LogP contribution >= 0.6 is 0 Å². The van der Waals surface area contributed by atoms with Gasteiger partial charge in [0.25, 0.3) is 0 Å². The number of hydrogen-bond acceptors (Lipinski definition) is 5. The predicted molar refractivity (Wildman–Crippen MR) is 65.8 cm³/mol. The number of carbonyl (C=O) groups excluding carboxylic acids is 1. The van der Waals surface area contributed by atoms with E-state index in [4.69, 9.17) is 5.11 Å². The summed E-state index contributed by atoms with van der Waals surface area (Å²) in [7, 11) is 0. The van der Waals surface area contributed by atoms with Crippen molar-refractivity contribution in [3.05, 3.63) is 22.4 Å². The van der Waals surface area contributed by atoms with E-state index in [0.29, 0.717) is 12.8 Å². The number of hydrogen-bond donors (Lipinski definition) is 2. The number of carbonyl (C=O) groups is 2. The molecule has 0 saturated heterocycles. The first-order valence-electron chi connectivity index (χ1n) is 6.11. The molecule has 1 amide bonds. The summed E-state index contributed by atoms with van der Waals surface area (Å²) in [6.07, 6.45) is 3.27. The Labute approximate surface area is 113 Å². The third-order valence-electron chi connectivity index (χ3n) is 3.51. The van der Waals surface area contributed by atoms with Gasteiger partial charge in [0, 0.05) is 6.54 Å². The van der Waals surface area contributed by atoms with Crippen molar-refractivity contribution < 1.29 is 19.6 Å². The van der Waals surface area contributed by atoms with Crippen molar-refractivity contribution in [2.24, 2.45) is 5.41 Å². The van der Waals surface area contributed by atoms with Crippen LogP contribution in [0.25, 0.3) is 0 Å². The smallest absolute Gasteiger partial charge is 0.389 e. The van der Waals surface area contributed by atoms with Crippen molar-refractivity contribution in [1.82, 2.24) is 15.1 Å². The molecule has 0 bridgehead atoms. The average Bonchev–Trinajstić information content (AvgIpc) is 2.75. The first-order chi connectivity index (χ1) is 9.43. The van der Waals surface area contributed by atoms with Crippen LogP contribution in [0.3, 0.4) is 0 Å². The number of rotatable bonds is 6. The zero-order valence-corrected chi connectivity index (χ0v) is 10.6. The fourth-order valence-corrected chi connectivity index (χ4v) is 2.08. The first kappa shape index (κ1) is 14.0. The number of nitro groups is 1. The van der Waals surface area contributed by atoms with Crippen molar-refractivity contribution in [1.29, 1.82) is 0 Å². The summed E-state index contributed by atoms with van der Waals surface area (Å²) in [6, 6.07) is 1.19. The fraction of sp³-hybridized carbons (Fsp3) is 0.545. The maximum absolute atomic E-state index is 11.7. The summed E-state index contributed by atoms with van der Waals surface area (Å²) in [6.45, 7) is -0.103. The minimum atomic E-state index is -0.904. The molecular formula is C11H14N4O5. The summed E-state index contributed by atoms with van der Waals surface area (Å²) >= 11 is 0. The molecule has 0 unspecified atom stereocenters. The molecule has 1 heterocycles. The van der Waals surface area contributed by atoms with Crippen LogP contribution in [0.5, 0.6) is 0 Å². The number of nitrogens with one attached hydrogen (secondary N) is 1. The maximum Gasteiger partial charge on any atom is 0.389 e. The highest BCUT2D eigenvalue weighted by molar-refractivity contribution is 5.79. The van der Waals surface area contributed by atoms with Gasteiger partial charge in [0.2, 0.25) is 5.91 Å². The molecule has 1 aliphatic rings. The number of aromatic nitrogens is 2. The Balaban J connectivity index is 1.86. The summed E-state index contributed by atoms with van der Waals surface area (Å²) in [5.74, 6) is -1.66. The quantitative estimate of drug-likeness (QED) is 0.565. The van der Waals surface area contributed by atoms with Crippen LogP contribution in [0.1, 0.15) is 19.3 Å². The second kappa shape index (κ2) is 5.27. The fourth-order valence-electron chi connectivity index (χ4n) is 2.08. The van der Waals surface area contributed by atoms with Crippen LogP contribution in [-0.4, -0.2) is 38.2 Å². The van der Waals surface area contributed by atoms with Crippen molar-refractivity contribution in [3.8, 4) is 0 Å². The maximum atomic E-state index is 11.7. The number of carboxylic acids is 1. The van der Waals surface area contributed by atoms with Gasteiger partial charge in [0.15, 0.2) is 0 Å². The van der Waals surface area contributed by atoms with Crippen LogP contribution in [0.2, 0.25) is 0 Å². The van der Waals surface area contributed by atoms with Crippen molar-refractivity contribution >= 4 is 17.7 Å². The van der Waals surface area contributed by atoms with E-state index in [-0.39, 0.29) is 18.9 Å². The third kappa shape index (κ3) is 2.76. The van der Waals surface area contributed by atoms with Gasteiger partial charge in [-0.15, -0.1) is 0 Å². The molecule has 1 aromatic heterocycles. The van der Waals surface area contributed by atoms with E-state index < -0.39 is 22.2 Å². The van der Waals surface area contributed by atoms with Gasteiger partial charge in [0.1, 0.15) is 6.54 Å². The Bertz CT molecular complexity index is 549. The summed E-state index contributed by atoms with van der Waals surface area (Å²) < 4.78 is 1.14. The normalized spacial score (nSPS) is 16.2. The van der Waals surface area contributed by atoms with E-state index >= 15 is 0 Å². The number of aliphatic carboxylic acids is 1. The lowest BCUT2D eigenvalue weighted by molar-refractivity contribution is -0.389. The monoisotopic (exact) mass is 282 g/mol. The Kier molecular flexibility index (Phi) is 3.68. The molecule has 9 heteroatoms. The lowest BCUT2D eigenvalue weighted by Gasteiger charge is -2.37. The van der Waals surface area contributed by atoms with E-state index in [1.165, 1.54) is 12.3 Å². The molecule has 0 radical (unpaired) electrons. The van der Waals surface area contributed by atoms with Crippen LogP contribution in [0, 0.1) is 15.5 Å². The number of carboxylic acid groups (broad SMARTS) is 1. The standard InChI is InChI=1S/C11H14N4O5/c16-9(6-14-5-2-8(13-14)15(19)20)12-7-11(10(17)18)3-1-4-11/h2,5H,1,3-4,6-7H2,(H,12,16)(H,17,18). The third-order valence-corrected chi connectivity index (χ3v) is 3.51. The van der Waals surface area contributed by atoms with Gasteiger partial charge in [-0.2, -0.15) is 4.68 Å². The minimum absolute atomic E-state index is 0.0739. The Morgan fingerprint density at radius 3 is 2.70 bits per heavy atom. The largest absolute Gasteiger partial charge is 0.481 e. The topological polar surface area (TPSA) is 127 Å².